The molecule has 1 N–H and O–H groups in total. The SMILES string of the molecule is CN(C(=O)c1cccn1CC(F)(F)F)C1CCCNCC1. The number of nitrogens with zero attached hydrogens (tertiary/aromatic N) is 2. The van der Waals surface area contributed by atoms with Crippen LogP contribution >= 0.6 is 0 Å². The molecule has 0 aromatic carbocycles. The zero-order chi connectivity index (χ0) is 15.5. The Labute approximate surface area is 121 Å². The Balaban J connectivity index is 2.10. The van der Waals surface area contributed by atoms with Crippen molar-refractivity contribution in [3.05, 3.63) is 24.0 Å². The van der Waals surface area contributed by atoms with Gasteiger partial charge < -0.3 is 14.8 Å². The second kappa shape index (κ2) is 6.51. The molecule has 118 valence electrons. The number of carbonyl (C=O) groups excluding carboxylic acids is 1. The lowest BCUT2D eigenvalue weighted by Gasteiger charge is -2.27. The van der Waals surface area contributed by atoms with Crippen LogP contribution in [0, 0.1) is 0 Å². The van der Waals surface area contributed by atoms with E-state index in [0.29, 0.717) is 0 Å². The van der Waals surface area contributed by atoms with Gasteiger partial charge in [0.15, 0.2) is 0 Å². The number of amides is 1. The number of nitrogens with one attached hydrogen (secondary N) is 1. The maximum atomic E-state index is 12.5. The lowest BCUT2D eigenvalue weighted by molar-refractivity contribution is -0.140. The third kappa shape index (κ3) is 4.23. The molecule has 0 spiro atoms. The molecule has 2 heterocycles. The van der Waals surface area contributed by atoms with Crippen molar-refractivity contribution >= 4 is 5.91 Å². The Bertz CT molecular complexity index is 476. The van der Waals surface area contributed by atoms with Gasteiger partial charge in [-0.2, -0.15) is 13.2 Å². The highest BCUT2D eigenvalue weighted by molar-refractivity contribution is 5.92. The van der Waals surface area contributed by atoms with E-state index < -0.39 is 12.7 Å². The van der Waals surface area contributed by atoms with Crippen LogP contribution in [0.4, 0.5) is 13.2 Å². The molecular formula is C14H20F3N3O. The Morgan fingerprint density at radius 2 is 2.19 bits per heavy atom. The summed E-state index contributed by atoms with van der Waals surface area (Å²) in [4.78, 5) is 14.0. The predicted octanol–water partition coefficient (Wildman–Crippen LogP) is 2.26. The molecule has 0 aliphatic carbocycles. The van der Waals surface area contributed by atoms with E-state index in [1.165, 1.54) is 18.3 Å². The number of rotatable bonds is 3. The van der Waals surface area contributed by atoms with Crippen LogP contribution in [-0.2, 0) is 6.54 Å². The van der Waals surface area contributed by atoms with Crippen molar-refractivity contribution in [3.8, 4) is 0 Å². The van der Waals surface area contributed by atoms with Gasteiger partial charge in [0.2, 0.25) is 0 Å². The van der Waals surface area contributed by atoms with Gasteiger partial charge in [0.1, 0.15) is 12.2 Å². The predicted molar refractivity (Wildman–Crippen MR) is 73.1 cm³/mol. The van der Waals surface area contributed by atoms with Crippen molar-refractivity contribution < 1.29 is 18.0 Å². The standard InChI is InChI=1S/C14H20F3N3O/c1-19(11-4-2-7-18-8-6-11)13(21)12-5-3-9-20(12)10-14(15,16)17/h3,5,9,11,18H,2,4,6-8,10H2,1H3. The van der Waals surface area contributed by atoms with Crippen LogP contribution in [0.2, 0.25) is 0 Å². The minimum atomic E-state index is -4.33. The monoisotopic (exact) mass is 303 g/mol. The van der Waals surface area contributed by atoms with Gasteiger partial charge in [-0.25, -0.2) is 0 Å². The fourth-order valence-electron chi connectivity index (χ4n) is 2.67. The molecule has 1 saturated heterocycles. The average molecular weight is 303 g/mol. The highest BCUT2D eigenvalue weighted by Crippen LogP contribution is 2.21. The molecule has 4 nitrogen and oxygen atoms in total. The normalized spacial score (nSPS) is 20.1. The highest BCUT2D eigenvalue weighted by atomic mass is 19.4. The lowest BCUT2D eigenvalue weighted by atomic mass is 10.1. The second-order valence-electron chi connectivity index (χ2n) is 5.39. The van der Waals surface area contributed by atoms with Crippen LogP contribution in [0.5, 0.6) is 0 Å². The lowest BCUT2D eigenvalue weighted by Crippen LogP contribution is -2.39. The van der Waals surface area contributed by atoms with Gasteiger partial charge in [-0.15, -0.1) is 0 Å². The summed E-state index contributed by atoms with van der Waals surface area (Å²) in [6.45, 7) is 0.607. The summed E-state index contributed by atoms with van der Waals surface area (Å²) < 4.78 is 38.5. The van der Waals surface area contributed by atoms with Gasteiger partial charge in [-0.05, 0) is 44.5 Å². The van der Waals surface area contributed by atoms with E-state index in [2.05, 4.69) is 5.32 Å². The molecular weight excluding hydrogens is 283 g/mol. The van der Waals surface area contributed by atoms with Crippen LogP contribution in [0.1, 0.15) is 29.8 Å². The van der Waals surface area contributed by atoms with E-state index in [4.69, 9.17) is 0 Å². The summed E-state index contributed by atoms with van der Waals surface area (Å²) >= 11 is 0. The smallest absolute Gasteiger partial charge is 0.337 e. The molecule has 1 unspecified atom stereocenters. The number of alkyl halides is 3. The Hall–Kier alpha value is -1.50. The highest BCUT2D eigenvalue weighted by Gasteiger charge is 2.31. The molecule has 7 heteroatoms. The zero-order valence-electron chi connectivity index (χ0n) is 12.0. The van der Waals surface area contributed by atoms with E-state index in [1.807, 2.05) is 0 Å². The molecule has 1 amide bonds. The van der Waals surface area contributed by atoms with Crippen LogP contribution < -0.4 is 5.32 Å². The summed E-state index contributed by atoms with van der Waals surface area (Å²) in [5, 5.41) is 3.26. The van der Waals surface area contributed by atoms with Crippen LogP contribution in [-0.4, -0.2) is 47.7 Å². The van der Waals surface area contributed by atoms with E-state index in [9.17, 15) is 18.0 Å². The van der Waals surface area contributed by atoms with Crippen LogP contribution in [0.3, 0.4) is 0 Å². The topological polar surface area (TPSA) is 37.3 Å². The van der Waals surface area contributed by atoms with Gasteiger partial charge >= 0.3 is 6.18 Å². The van der Waals surface area contributed by atoms with E-state index in [0.717, 1.165) is 36.9 Å². The number of aromatic nitrogens is 1. The largest absolute Gasteiger partial charge is 0.406 e. The molecule has 0 radical (unpaired) electrons. The first-order chi connectivity index (χ1) is 9.88. The molecule has 1 aromatic rings. The molecule has 2 rings (SSSR count). The summed E-state index contributed by atoms with van der Waals surface area (Å²) in [6, 6.07) is 2.99. The Kier molecular flexibility index (Phi) is 4.92. The minimum absolute atomic E-state index is 0.0711. The first-order valence-corrected chi connectivity index (χ1v) is 7.08. The summed E-state index contributed by atoms with van der Waals surface area (Å²) in [7, 11) is 1.67. The zero-order valence-corrected chi connectivity index (χ0v) is 12.0. The number of halogens is 3. The summed E-state index contributed by atoms with van der Waals surface area (Å²) in [5.74, 6) is -0.351. The van der Waals surface area contributed by atoms with E-state index >= 15 is 0 Å². The van der Waals surface area contributed by atoms with Gasteiger partial charge in [-0.3, -0.25) is 4.79 Å². The Morgan fingerprint density at radius 1 is 1.43 bits per heavy atom. The van der Waals surface area contributed by atoms with Gasteiger partial charge in [0.25, 0.3) is 5.91 Å². The maximum absolute atomic E-state index is 12.5. The fourth-order valence-corrected chi connectivity index (χ4v) is 2.67. The van der Waals surface area contributed by atoms with Crippen LogP contribution in [0.15, 0.2) is 18.3 Å². The van der Waals surface area contributed by atoms with Crippen LogP contribution in [0.25, 0.3) is 0 Å². The molecule has 1 aliphatic rings. The van der Waals surface area contributed by atoms with Crippen molar-refractivity contribution in [1.82, 2.24) is 14.8 Å². The fraction of sp³-hybridized carbons (Fsp3) is 0.643. The summed E-state index contributed by atoms with van der Waals surface area (Å²) in [6.07, 6.45) is -0.384. The molecule has 1 aliphatic heterocycles. The molecule has 1 fully saturated rings. The van der Waals surface area contributed by atoms with Crippen molar-refractivity contribution in [3.63, 3.8) is 0 Å². The summed E-state index contributed by atoms with van der Waals surface area (Å²) in [5.41, 5.74) is 0.0898. The number of hydrogen-bond donors (Lipinski definition) is 1. The maximum Gasteiger partial charge on any atom is 0.406 e. The third-order valence-corrected chi connectivity index (χ3v) is 3.81. The first kappa shape index (κ1) is 15.9. The number of hydrogen-bond acceptors (Lipinski definition) is 2. The van der Waals surface area contributed by atoms with E-state index in [1.54, 1.807) is 11.9 Å². The molecule has 1 atom stereocenters. The molecule has 0 bridgehead atoms. The average Bonchev–Trinajstić information content (AvgIpc) is 2.69. The van der Waals surface area contributed by atoms with Crippen molar-refractivity contribution in [1.29, 1.82) is 0 Å². The number of carbonyl (C=O) groups is 1. The molecule has 21 heavy (non-hydrogen) atoms. The second-order valence-corrected chi connectivity index (χ2v) is 5.39. The quantitative estimate of drug-likeness (QED) is 0.930. The third-order valence-electron chi connectivity index (χ3n) is 3.81. The first-order valence-electron chi connectivity index (χ1n) is 7.08. The van der Waals surface area contributed by atoms with Crippen molar-refractivity contribution in [2.75, 3.05) is 20.1 Å². The van der Waals surface area contributed by atoms with Crippen molar-refractivity contribution in [2.24, 2.45) is 0 Å². The van der Waals surface area contributed by atoms with Crippen molar-refractivity contribution in [2.45, 2.75) is 38.0 Å². The molecule has 0 saturated carbocycles. The molecule has 1 aromatic heterocycles. The minimum Gasteiger partial charge on any atom is -0.337 e. The van der Waals surface area contributed by atoms with E-state index in [-0.39, 0.29) is 17.6 Å². The van der Waals surface area contributed by atoms with Gasteiger partial charge in [0, 0.05) is 19.3 Å². The van der Waals surface area contributed by atoms with Gasteiger partial charge in [0.05, 0.1) is 0 Å². The Morgan fingerprint density at radius 3 is 2.90 bits per heavy atom. The van der Waals surface area contributed by atoms with Gasteiger partial charge in [-0.1, -0.05) is 0 Å².